The van der Waals surface area contributed by atoms with Gasteiger partial charge in [0, 0.05) is 12.7 Å². The second-order valence-corrected chi connectivity index (χ2v) is 3.56. The van der Waals surface area contributed by atoms with Gasteiger partial charge in [0.25, 0.3) is 0 Å². The van der Waals surface area contributed by atoms with Crippen molar-refractivity contribution in [1.82, 2.24) is 10.6 Å². The van der Waals surface area contributed by atoms with Crippen LogP contribution in [-0.4, -0.2) is 25.5 Å². The Morgan fingerprint density at radius 3 is 2.53 bits per heavy atom. The molecular formula is C11H12F3N3O2. The van der Waals surface area contributed by atoms with Gasteiger partial charge in [0.15, 0.2) is 0 Å². The Morgan fingerprint density at radius 1 is 1.26 bits per heavy atom. The molecule has 19 heavy (non-hydrogen) atoms. The van der Waals surface area contributed by atoms with Crippen LogP contribution in [0.5, 0.6) is 0 Å². The highest BCUT2D eigenvalue weighted by Crippen LogP contribution is 2.30. The second kappa shape index (κ2) is 6.07. The number of nitrogens with one attached hydrogen (secondary N) is 3. The fourth-order valence-electron chi connectivity index (χ4n) is 1.22. The van der Waals surface area contributed by atoms with Crippen molar-refractivity contribution in [3.63, 3.8) is 0 Å². The van der Waals surface area contributed by atoms with E-state index in [0.29, 0.717) is 0 Å². The molecule has 0 aliphatic heterocycles. The molecule has 0 heterocycles. The van der Waals surface area contributed by atoms with Gasteiger partial charge in [0.1, 0.15) is 0 Å². The minimum absolute atomic E-state index is 0.141. The molecule has 8 heteroatoms. The number of hydrogen-bond donors (Lipinski definition) is 3. The zero-order valence-corrected chi connectivity index (χ0v) is 9.97. The number of rotatable bonds is 3. The Morgan fingerprint density at radius 2 is 1.95 bits per heavy atom. The summed E-state index contributed by atoms with van der Waals surface area (Å²) in [6.45, 7) is -0.311. The molecule has 3 amide bonds. The lowest BCUT2D eigenvalue weighted by Crippen LogP contribution is -2.40. The van der Waals surface area contributed by atoms with Crippen LogP contribution in [0.1, 0.15) is 5.56 Å². The average molecular weight is 275 g/mol. The number of carbonyl (C=O) groups is 2. The summed E-state index contributed by atoms with van der Waals surface area (Å²) >= 11 is 0. The van der Waals surface area contributed by atoms with Crippen LogP contribution >= 0.6 is 0 Å². The fraction of sp³-hybridized carbons (Fsp3) is 0.273. The van der Waals surface area contributed by atoms with Gasteiger partial charge in [-0.15, -0.1) is 0 Å². The van der Waals surface area contributed by atoms with Crippen molar-refractivity contribution in [2.45, 2.75) is 6.18 Å². The second-order valence-electron chi connectivity index (χ2n) is 3.56. The Bertz CT molecular complexity index is 474. The number of benzene rings is 1. The summed E-state index contributed by atoms with van der Waals surface area (Å²) in [6.07, 6.45) is -4.44. The molecule has 0 atom stereocenters. The standard InChI is InChI=1S/C11H12F3N3O2/c1-15-10(19)17-9(18)6-16-8-4-2-3-7(5-8)11(12,13)14/h2-5,16H,6H2,1H3,(H2,15,17,18,19). The number of urea groups is 1. The summed E-state index contributed by atoms with van der Waals surface area (Å²) in [5.74, 6) is -0.656. The monoisotopic (exact) mass is 275 g/mol. The molecule has 0 saturated carbocycles. The number of anilines is 1. The van der Waals surface area contributed by atoms with E-state index >= 15 is 0 Å². The molecule has 1 rings (SSSR count). The van der Waals surface area contributed by atoms with Crippen LogP contribution in [0.4, 0.5) is 23.7 Å². The summed E-state index contributed by atoms with van der Waals surface area (Å²) in [4.78, 5) is 22.0. The van der Waals surface area contributed by atoms with Crippen molar-refractivity contribution < 1.29 is 22.8 Å². The Balaban J connectivity index is 2.59. The van der Waals surface area contributed by atoms with Crippen LogP contribution in [-0.2, 0) is 11.0 Å². The highest BCUT2D eigenvalue weighted by Gasteiger charge is 2.30. The van der Waals surface area contributed by atoms with Crippen molar-refractivity contribution >= 4 is 17.6 Å². The Hall–Kier alpha value is -2.25. The SMILES string of the molecule is CNC(=O)NC(=O)CNc1cccc(C(F)(F)F)c1. The third-order valence-corrected chi connectivity index (χ3v) is 2.12. The Kier molecular flexibility index (Phi) is 4.74. The lowest BCUT2D eigenvalue weighted by Gasteiger charge is -2.10. The van der Waals surface area contributed by atoms with Gasteiger partial charge in [-0.1, -0.05) is 6.07 Å². The van der Waals surface area contributed by atoms with Crippen LogP contribution in [0.15, 0.2) is 24.3 Å². The minimum Gasteiger partial charge on any atom is -0.376 e. The van der Waals surface area contributed by atoms with Gasteiger partial charge in [-0.3, -0.25) is 10.1 Å². The molecule has 0 aliphatic carbocycles. The normalized spacial score (nSPS) is 10.7. The van der Waals surface area contributed by atoms with Crippen LogP contribution in [0.2, 0.25) is 0 Å². The predicted molar refractivity (Wildman–Crippen MR) is 62.5 cm³/mol. The van der Waals surface area contributed by atoms with Gasteiger partial charge < -0.3 is 10.6 Å². The summed E-state index contributed by atoms with van der Waals surface area (Å²) in [5.41, 5.74) is -0.675. The molecule has 1 aromatic rings. The smallest absolute Gasteiger partial charge is 0.376 e. The first kappa shape index (κ1) is 14.8. The van der Waals surface area contributed by atoms with E-state index in [0.717, 1.165) is 12.1 Å². The van der Waals surface area contributed by atoms with Crippen molar-refractivity contribution in [2.75, 3.05) is 18.9 Å². The molecule has 0 aliphatic rings. The molecule has 0 radical (unpaired) electrons. The molecule has 3 N–H and O–H groups in total. The summed E-state index contributed by atoms with van der Waals surface area (Å²) in [7, 11) is 1.34. The highest BCUT2D eigenvalue weighted by atomic mass is 19.4. The van der Waals surface area contributed by atoms with Crippen LogP contribution < -0.4 is 16.0 Å². The van der Waals surface area contributed by atoms with E-state index in [1.54, 1.807) is 0 Å². The highest BCUT2D eigenvalue weighted by molar-refractivity contribution is 5.96. The molecule has 0 aromatic heterocycles. The van der Waals surface area contributed by atoms with Gasteiger partial charge in [-0.2, -0.15) is 13.2 Å². The molecular weight excluding hydrogens is 263 g/mol. The van der Waals surface area contributed by atoms with E-state index < -0.39 is 23.7 Å². The molecule has 1 aromatic carbocycles. The molecule has 5 nitrogen and oxygen atoms in total. The largest absolute Gasteiger partial charge is 0.416 e. The number of hydrogen-bond acceptors (Lipinski definition) is 3. The van der Waals surface area contributed by atoms with Crippen LogP contribution in [0.3, 0.4) is 0 Å². The van der Waals surface area contributed by atoms with E-state index in [4.69, 9.17) is 0 Å². The molecule has 0 bridgehead atoms. The summed E-state index contributed by atoms with van der Waals surface area (Å²) in [5, 5.41) is 6.64. The average Bonchev–Trinajstić information content (AvgIpc) is 2.35. The fourth-order valence-corrected chi connectivity index (χ4v) is 1.22. The zero-order chi connectivity index (χ0) is 14.5. The lowest BCUT2D eigenvalue weighted by atomic mass is 10.2. The molecule has 0 fully saturated rings. The number of carbonyl (C=O) groups excluding carboxylic acids is 2. The van der Waals surface area contributed by atoms with Gasteiger partial charge in [0.2, 0.25) is 5.91 Å². The van der Waals surface area contributed by atoms with Crippen molar-refractivity contribution in [2.24, 2.45) is 0 Å². The first-order chi connectivity index (χ1) is 8.82. The topological polar surface area (TPSA) is 70.2 Å². The van der Waals surface area contributed by atoms with Crippen LogP contribution in [0, 0.1) is 0 Å². The van der Waals surface area contributed by atoms with E-state index in [9.17, 15) is 22.8 Å². The molecule has 0 unspecified atom stereocenters. The van der Waals surface area contributed by atoms with Crippen molar-refractivity contribution in [3.05, 3.63) is 29.8 Å². The van der Waals surface area contributed by atoms with Crippen LogP contribution in [0.25, 0.3) is 0 Å². The van der Waals surface area contributed by atoms with E-state index in [-0.39, 0.29) is 12.2 Å². The maximum Gasteiger partial charge on any atom is 0.416 e. The number of imide groups is 1. The van der Waals surface area contributed by atoms with Gasteiger partial charge >= 0.3 is 12.2 Å². The maximum atomic E-state index is 12.4. The molecule has 104 valence electrons. The summed E-state index contributed by atoms with van der Waals surface area (Å²) in [6, 6.07) is 3.74. The molecule has 0 spiro atoms. The predicted octanol–water partition coefficient (Wildman–Crippen LogP) is 1.57. The number of amides is 3. The first-order valence-electron chi connectivity index (χ1n) is 5.25. The van der Waals surface area contributed by atoms with Gasteiger partial charge in [-0.05, 0) is 18.2 Å². The number of halogens is 3. The third kappa shape index (κ3) is 4.86. The van der Waals surface area contributed by atoms with Gasteiger partial charge in [-0.25, -0.2) is 4.79 Å². The third-order valence-electron chi connectivity index (χ3n) is 2.12. The zero-order valence-electron chi connectivity index (χ0n) is 9.97. The van der Waals surface area contributed by atoms with Gasteiger partial charge in [0.05, 0.1) is 12.1 Å². The van der Waals surface area contributed by atoms with E-state index in [1.807, 2.05) is 5.32 Å². The van der Waals surface area contributed by atoms with Crippen molar-refractivity contribution in [3.8, 4) is 0 Å². The van der Waals surface area contributed by atoms with Crippen molar-refractivity contribution in [1.29, 1.82) is 0 Å². The number of alkyl halides is 3. The maximum absolute atomic E-state index is 12.4. The van der Waals surface area contributed by atoms with E-state index in [2.05, 4.69) is 10.6 Å². The Labute approximate surface area is 107 Å². The first-order valence-corrected chi connectivity index (χ1v) is 5.25. The molecule has 0 saturated heterocycles. The van der Waals surface area contributed by atoms with E-state index in [1.165, 1.54) is 19.2 Å². The quantitative estimate of drug-likeness (QED) is 0.784. The summed E-state index contributed by atoms with van der Waals surface area (Å²) < 4.78 is 37.3. The minimum atomic E-state index is -4.44. The lowest BCUT2D eigenvalue weighted by molar-refractivity contribution is -0.137.